The van der Waals surface area contributed by atoms with E-state index in [9.17, 15) is 8.42 Å². The third-order valence-corrected chi connectivity index (χ3v) is 5.91. The maximum atomic E-state index is 12.0. The zero-order valence-electron chi connectivity index (χ0n) is 13.0. The van der Waals surface area contributed by atoms with Gasteiger partial charge in [-0.3, -0.25) is 0 Å². The summed E-state index contributed by atoms with van der Waals surface area (Å²) >= 11 is 5.97. The quantitative estimate of drug-likeness (QED) is 0.869. The lowest BCUT2D eigenvalue weighted by Crippen LogP contribution is -2.32. The summed E-state index contributed by atoms with van der Waals surface area (Å²) in [6.45, 7) is 7.08. The first-order valence-corrected chi connectivity index (χ1v) is 8.95. The van der Waals surface area contributed by atoms with Crippen LogP contribution in [0.3, 0.4) is 0 Å². The lowest BCUT2D eigenvalue weighted by atomic mass is 10.1. The van der Waals surface area contributed by atoms with Crippen molar-refractivity contribution in [1.29, 1.82) is 0 Å². The number of halogens is 1. The van der Waals surface area contributed by atoms with E-state index in [-0.39, 0.29) is 18.4 Å². The van der Waals surface area contributed by atoms with Gasteiger partial charge < -0.3 is 10.5 Å². The molecule has 0 aliphatic rings. The first kappa shape index (κ1) is 18.3. The topological polar surface area (TPSA) is 69.4 Å². The summed E-state index contributed by atoms with van der Waals surface area (Å²) in [5.41, 5.74) is 6.70. The third-order valence-electron chi connectivity index (χ3n) is 3.11. The second-order valence-electron chi connectivity index (χ2n) is 6.21. The van der Waals surface area contributed by atoms with Gasteiger partial charge in [-0.25, -0.2) is 8.42 Å². The first-order chi connectivity index (χ1) is 9.53. The Labute approximate surface area is 132 Å². The minimum atomic E-state index is -3.19. The molecule has 1 aromatic rings. The van der Waals surface area contributed by atoms with E-state index in [1.54, 1.807) is 39.0 Å². The molecule has 0 fully saturated rings. The molecule has 6 heteroatoms. The predicted octanol–water partition coefficient (Wildman–Crippen LogP) is 2.82. The Morgan fingerprint density at radius 1 is 1.33 bits per heavy atom. The number of ether oxygens (including phenoxy) is 1. The van der Waals surface area contributed by atoms with Crippen molar-refractivity contribution in [2.45, 2.75) is 44.9 Å². The standard InChI is InChI=1S/C15H24ClNO3S/c1-11(17)9-12-10-13(16)5-6-14(12)20-7-8-21(18,19)15(2,3)4/h5-6,10-11H,7-9,17H2,1-4H3. The van der Waals surface area contributed by atoms with Gasteiger partial charge in [0.1, 0.15) is 12.4 Å². The zero-order chi connectivity index (χ0) is 16.3. The molecule has 0 saturated carbocycles. The van der Waals surface area contributed by atoms with Crippen LogP contribution in [0.2, 0.25) is 5.02 Å². The molecule has 0 radical (unpaired) electrons. The number of hydrogen-bond donors (Lipinski definition) is 1. The molecule has 120 valence electrons. The number of nitrogens with two attached hydrogens (primary N) is 1. The van der Waals surface area contributed by atoms with Gasteiger partial charge in [0.05, 0.1) is 10.5 Å². The molecule has 0 heterocycles. The lowest BCUT2D eigenvalue weighted by molar-refractivity contribution is 0.335. The van der Waals surface area contributed by atoms with E-state index in [0.29, 0.717) is 17.2 Å². The van der Waals surface area contributed by atoms with Crippen molar-refractivity contribution in [2.75, 3.05) is 12.4 Å². The Kier molecular flexibility index (Phi) is 6.08. The molecule has 0 amide bonds. The second kappa shape index (κ2) is 6.99. The van der Waals surface area contributed by atoms with Crippen molar-refractivity contribution in [1.82, 2.24) is 0 Å². The Morgan fingerprint density at radius 2 is 1.95 bits per heavy atom. The van der Waals surface area contributed by atoms with Crippen molar-refractivity contribution in [3.8, 4) is 5.75 Å². The maximum Gasteiger partial charge on any atom is 0.158 e. The molecule has 2 N–H and O–H groups in total. The van der Waals surface area contributed by atoms with E-state index >= 15 is 0 Å². The van der Waals surface area contributed by atoms with E-state index in [1.807, 2.05) is 6.92 Å². The number of benzene rings is 1. The molecular formula is C15H24ClNO3S. The minimum Gasteiger partial charge on any atom is -0.492 e. The highest BCUT2D eigenvalue weighted by atomic mass is 35.5. The fourth-order valence-corrected chi connectivity index (χ4v) is 2.87. The molecule has 0 aliphatic carbocycles. The molecule has 0 spiro atoms. The second-order valence-corrected chi connectivity index (χ2v) is 9.51. The number of hydrogen-bond acceptors (Lipinski definition) is 4. The van der Waals surface area contributed by atoms with Gasteiger partial charge in [0.25, 0.3) is 0 Å². The summed E-state index contributed by atoms with van der Waals surface area (Å²) in [6.07, 6.45) is 0.627. The summed E-state index contributed by atoms with van der Waals surface area (Å²) in [5, 5.41) is 0.611. The van der Waals surface area contributed by atoms with Crippen LogP contribution >= 0.6 is 11.6 Å². The molecule has 1 rings (SSSR count). The zero-order valence-corrected chi connectivity index (χ0v) is 14.6. The van der Waals surface area contributed by atoms with Crippen molar-refractivity contribution in [3.63, 3.8) is 0 Å². The van der Waals surface area contributed by atoms with Gasteiger partial charge in [0.2, 0.25) is 0 Å². The van der Waals surface area contributed by atoms with E-state index in [0.717, 1.165) is 5.56 Å². The highest BCUT2D eigenvalue weighted by molar-refractivity contribution is 7.92. The van der Waals surface area contributed by atoms with Gasteiger partial charge in [-0.05, 0) is 57.9 Å². The largest absolute Gasteiger partial charge is 0.492 e. The Bertz CT molecular complexity index is 577. The molecule has 0 aromatic heterocycles. The van der Waals surface area contributed by atoms with Gasteiger partial charge in [-0.2, -0.15) is 0 Å². The molecule has 0 aliphatic heterocycles. The maximum absolute atomic E-state index is 12.0. The summed E-state index contributed by atoms with van der Waals surface area (Å²) in [5.74, 6) is 0.623. The molecule has 21 heavy (non-hydrogen) atoms. The van der Waals surface area contributed by atoms with Crippen LogP contribution in [0.5, 0.6) is 5.75 Å². The monoisotopic (exact) mass is 333 g/mol. The average Bonchev–Trinajstić information content (AvgIpc) is 2.29. The van der Waals surface area contributed by atoms with Gasteiger partial charge in [0, 0.05) is 11.1 Å². The molecule has 0 bridgehead atoms. The predicted molar refractivity (Wildman–Crippen MR) is 87.8 cm³/mol. The summed E-state index contributed by atoms with van der Waals surface area (Å²) in [6, 6.07) is 5.26. The van der Waals surface area contributed by atoms with E-state index in [1.165, 1.54) is 0 Å². The summed E-state index contributed by atoms with van der Waals surface area (Å²) in [4.78, 5) is 0. The van der Waals surface area contributed by atoms with Gasteiger partial charge in [0.15, 0.2) is 9.84 Å². The SMILES string of the molecule is CC(N)Cc1cc(Cl)ccc1OCCS(=O)(=O)C(C)(C)C. The molecule has 1 unspecified atom stereocenters. The Morgan fingerprint density at radius 3 is 2.48 bits per heavy atom. The first-order valence-electron chi connectivity index (χ1n) is 6.92. The number of sulfone groups is 1. The van der Waals surface area contributed by atoms with Crippen LogP contribution in [0.15, 0.2) is 18.2 Å². The van der Waals surface area contributed by atoms with Crippen LogP contribution in [0, 0.1) is 0 Å². The molecular weight excluding hydrogens is 310 g/mol. The van der Waals surface area contributed by atoms with Gasteiger partial charge in [-0.15, -0.1) is 0 Å². The fourth-order valence-electron chi connectivity index (χ4n) is 1.76. The summed E-state index contributed by atoms with van der Waals surface area (Å²) < 4.78 is 28.9. The van der Waals surface area contributed by atoms with Crippen LogP contribution in [0.1, 0.15) is 33.3 Å². The average molecular weight is 334 g/mol. The highest BCUT2D eigenvalue weighted by Crippen LogP contribution is 2.24. The molecule has 1 aromatic carbocycles. The normalized spacial score (nSPS) is 14.0. The lowest BCUT2D eigenvalue weighted by Gasteiger charge is -2.20. The van der Waals surface area contributed by atoms with Crippen LogP contribution in [0.25, 0.3) is 0 Å². The third kappa shape index (κ3) is 5.49. The van der Waals surface area contributed by atoms with Crippen LogP contribution in [-0.4, -0.2) is 31.6 Å². The van der Waals surface area contributed by atoms with Crippen molar-refractivity contribution >= 4 is 21.4 Å². The van der Waals surface area contributed by atoms with Crippen LogP contribution in [0.4, 0.5) is 0 Å². The van der Waals surface area contributed by atoms with Gasteiger partial charge >= 0.3 is 0 Å². The van der Waals surface area contributed by atoms with Crippen LogP contribution in [-0.2, 0) is 16.3 Å². The van der Waals surface area contributed by atoms with Gasteiger partial charge in [-0.1, -0.05) is 11.6 Å². The fraction of sp³-hybridized carbons (Fsp3) is 0.600. The Balaban J connectivity index is 2.76. The molecule has 0 saturated heterocycles. The van der Waals surface area contributed by atoms with Crippen molar-refractivity contribution in [2.24, 2.45) is 5.73 Å². The van der Waals surface area contributed by atoms with Crippen molar-refractivity contribution in [3.05, 3.63) is 28.8 Å². The van der Waals surface area contributed by atoms with E-state index in [4.69, 9.17) is 22.1 Å². The van der Waals surface area contributed by atoms with Crippen molar-refractivity contribution < 1.29 is 13.2 Å². The number of rotatable bonds is 6. The highest BCUT2D eigenvalue weighted by Gasteiger charge is 2.28. The van der Waals surface area contributed by atoms with Crippen LogP contribution < -0.4 is 10.5 Å². The molecule has 1 atom stereocenters. The molecule has 4 nitrogen and oxygen atoms in total. The summed E-state index contributed by atoms with van der Waals surface area (Å²) in [7, 11) is -3.19. The smallest absolute Gasteiger partial charge is 0.158 e. The minimum absolute atomic E-state index is 0.0171. The van der Waals surface area contributed by atoms with E-state index < -0.39 is 14.6 Å². The van der Waals surface area contributed by atoms with E-state index in [2.05, 4.69) is 0 Å². The Hall–Kier alpha value is -0.780.